The first-order valence-electron chi connectivity index (χ1n) is 5.58. The van der Waals surface area contributed by atoms with Gasteiger partial charge in [0.1, 0.15) is 0 Å². The van der Waals surface area contributed by atoms with Crippen LogP contribution in [0.15, 0.2) is 18.3 Å². The number of halogens is 3. The molecular weight excluding hydrogens is 261 g/mol. The molecule has 0 aliphatic rings. The summed E-state index contributed by atoms with van der Waals surface area (Å²) >= 11 is 0. The minimum absolute atomic E-state index is 0.0289. The zero-order valence-electron chi connectivity index (χ0n) is 10.3. The molecule has 0 saturated carbocycles. The number of rotatable bonds is 2. The number of aromatic nitrogens is 2. The first-order valence-corrected chi connectivity index (χ1v) is 5.58. The van der Waals surface area contributed by atoms with Crippen molar-refractivity contribution in [1.29, 1.82) is 0 Å². The first kappa shape index (κ1) is 13.4. The van der Waals surface area contributed by atoms with Gasteiger partial charge in [-0.25, -0.2) is 9.31 Å². The van der Waals surface area contributed by atoms with Gasteiger partial charge in [0, 0.05) is 11.8 Å². The molecule has 0 bridgehead atoms. The van der Waals surface area contributed by atoms with E-state index in [9.17, 15) is 18.0 Å². The maximum atomic E-state index is 12.6. The standard InChI is InChI=1S/C12H11F3N2O2/c1-3-19-11(18)10-7(2)9-6-8(12(13,14)15)4-5-17(9)16-10/h4-6H,3H2,1-2H3. The van der Waals surface area contributed by atoms with Gasteiger partial charge >= 0.3 is 12.1 Å². The van der Waals surface area contributed by atoms with Crippen molar-refractivity contribution < 1.29 is 22.7 Å². The molecule has 0 aliphatic heterocycles. The number of nitrogens with zero attached hydrogens (tertiary/aromatic N) is 2. The van der Waals surface area contributed by atoms with E-state index in [4.69, 9.17) is 4.74 Å². The molecule has 0 atom stereocenters. The lowest BCUT2D eigenvalue weighted by Crippen LogP contribution is -2.06. The third-order valence-electron chi connectivity index (χ3n) is 2.68. The Morgan fingerprint density at radius 2 is 2.16 bits per heavy atom. The van der Waals surface area contributed by atoms with Gasteiger partial charge in [0.05, 0.1) is 17.7 Å². The van der Waals surface area contributed by atoms with Crippen molar-refractivity contribution in [3.8, 4) is 0 Å². The van der Waals surface area contributed by atoms with Crippen LogP contribution >= 0.6 is 0 Å². The summed E-state index contributed by atoms with van der Waals surface area (Å²) in [6.07, 6.45) is -3.25. The molecule has 19 heavy (non-hydrogen) atoms. The molecule has 0 radical (unpaired) electrons. The molecule has 0 N–H and O–H groups in total. The molecule has 0 amide bonds. The van der Waals surface area contributed by atoms with Crippen LogP contribution in [0.25, 0.3) is 5.52 Å². The van der Waals surface area contributed by atoms with E-state index < -0.39 is 17.7 Å². The van der Waals surface area contributed by atoms with E-state index in [0.29, 0.717) is 5.56 Å². The smallest absolute Gasteiger partial charge is 0.416 e. The Kier molecular flexibility index (Phi) is 3.21. The summed E-state index contributed by atoms with van der Waals surface area (Å²) in [4.78, 5) is 11.6. The number of alkyl halides is 3. The molecular formula is C12H11F3N2O2. The van der Waals surface area contributed by atoms with E-state index in [2.05, 4.69) is 5.10 Å². The van der Waals surface area contributed by atoms with Crippen molar-refractivity contribution in [2.75, 3.05) is 6.61 Å². The maximum Gasteiger partial charge on any atom is 0.416 e. The lowest BCUT2D eigenvalue weighted by atomic mass is 10.2. The predicted octanol–water partition coefficient (Wildman–Crippen LogP) is 2.84. The highest BCUT2D eigenvalue weighted by Crippen LogP contribution is 2.30. The minimum atomic E-state index is -4.43. The van der Waals surface area contributed by atoms with Crippen molar-refractivity contribution >= 4 is 11.5 Å². The molecule has 0 saturated heterocycles. The molecule has 0 aromatic carbocycles. The van der Waals surface area contributed by atoms with E-state index in [0.717, 1.165) is 12.1 Å². The van der Waals surface area contributed by atoms with Gasteiger partial charge in [-0.15, -0.1) is 0 Å². The Labute approximate surface area is 106 Å². The number of carbonyl (C=O) groups is 1. The Morgan fingerprint density at radius 3 is 2.74 bits per heavy atom. The molecule has 2 aromatic heterocycles. The van der Waals surface area contributed by atoms with Crippen molar-refractivity contribution in [3.05, 3.63) is 35.2 Å². The number of fused-ring (bicyclic) bond motifs is 1. The molecule has 4 nitrogen and oxygen atoms in total. The van der Waals surface area contributed by atoms with E-state index in [1.807, 2.05) is 0 Å². The summed E-state index contributed by atoms with van der Waals surface area (Å²) in [7, 11) is 0. The molecule has 0 fully saturated rings. The van der Waals surface area contributed by atoms with Crippen molar-refractivity contribution in [2.45, 2.75) is 20.0 Å². The van der Waals surface area contributed by atoms with Crippen LogP contribution in [0.5, 0.6) is 0 Å². The second kappa shape index (κ2) is 4.56. The van der Waals surface area contributed by atoms with E-state index >= 15 is 0 Å². The van der Waals surface area contributed by atoms with Gasteiger partial charge in [0.15, 0.2) is 5.69 Å². The number of ether oxygens (including phenoxy) is 1. The molecule has 7 heteroatoms. The Hall–Kier alpha value is -2.05. The van der Waals surface area contributed by atoms with Crippen molar-refractivity contribution in [2.24, 2.45) is 0 Å². The van der Waals surface area contributed by atoms with Crippen LogP contribution in [0.4, 0.5) is 13.2 Å². The SMILES string of the molecule is CCOC(=O)c1nn2ccc(C(F)(F)F)cc2c1C. The molecule has 2 rings (SSSR count). The highest BCUT2D eigenvalue weighted by Gasteiger charge is 2.31. The number of esters is 1. The molecule has 0 unspecified atom stereocenters. The molecule has 2 aromatic rings. The quantitative estimate of drug-likeness (QED) is 0.789. The largest absolute Gasteiger partial charge is 0.461 e. The van der Waals surface area contributed by atoms with Crippen LogP contribution in [-0.4, -0.2) is 22.2 Å². The fourth-order valence-corrected chi connectivity index (χ4v) is 1.73. The fourth-order valence-electron chi connectivity index (χ4n) is 1.73. The Bertz CT molecular complexity index is 632. The van der Waals surface area contributed by atoms with Crippen LogP contribution in [0.2, 0.25) is 0 Å². The number of aryl methyl sites for hydroxylation is 1. The van der Waals surface area contributed by atoms with Crippen LogP contribution < -0.4 is 0 Å². The molecule has 0 spiro atoms. The number of carbonyl (C=O) groups excluding carboxylic acids is 1. The maximum absolute atomic E-state index is 12.6. The van der Waals surface area contributed by atoms with Gasteiger partial charge in [0.2, 0.25) is 0 Å². The monoisotopic (exact) mass is 272 g/mol. The summed E-state index contributed by atoms with van der Waals surface area (Å²) in [6, 6.07) is 1.87. The van der Waals surface area contributed by atoms with Crippen molar-refractivity contribution in [1.82, 2.24) is 9.61 Å². The van der Waals surface area contributed by atoms with Gasteiger partial charge in [-0.1, -0.05) is 0 Å². The number of pyridine rings is 1. The zero-order valence-corrected chi connectivity index (χ0v) is 10.3. The number of hydrogen-bond acceptors (Lipinski definition) is 3. The van der Waals surface area contributed by atoms with Crippen molar-refractivity contribution in [3.63, 3.8) is 0 Å². The van der Waals surface area contributed by atoms with E-state index in [-0.39, 0.29) is 17.8 Å². The second-order valence-electron chi connectivity index (χ2n) is 3.94. The average molecular weight is 272 g/mol. The van der Waals surface area contributed by atoms with Gasteiger partial charge in [0.25, 0.3) is 0 Å². The lowest BCUT2D eigenvalue weighted by Gasteiger charge is -2.06. The second-order valence-corrected chi connectivity index (χ2v) is 3.94. The van der Waals surface area contributed by atoms with E-state index in [1.165, 1.54) is 17.6 Å². The lowest BCUT2D eigenvalue weighted by molar-refractivity contribution is -0.137. The first-order chi connectivity index (χ1) is 8.84. The average Bonchev–Trinajstić information content (AvgIpc) is 2.66. The van der Waals surface area contributed by atoms with Crippen LogP contribution in [0.1, 0.15) is 28.5 Å². The van der Waals surface area contributed by atoms with Gasteiger partial charge in [-0.3, -0.25) is 0 Å². The van der Waals surface area contributed by atoms with Gasteiger partial charge < -0.3 is 4.74 Å². The Balaban J connectivity index is 2.55. The van der Waals surface area contributed by atoms with Gasteiger partial charge in [-0.05, 0) is 26.0 Å². The van der Waals surface area contributed by atoms with Crippen LogP contribution in [0.3, 0.4) is 0 Å². The minimum Gasteiger partial charge on any atom is -0.461 e. The highest BCUT2D eigenvalue weighted by atomic mass is 19.4. The van der Waals surface area contributed by atoms with Gasteiger partial charge in [-0.2, -0.15) is 18.3 Å². The molecule has 102 valence electrons. The molecule has 0 aliphatic carbocycles. The summed E-state index contributed by atoms with van der Waals surface area (Å²) < 4.78 is 43.9. The normalized spacial score (nSPS) is 11.8. The summed E-state index contributed by atoms with van der Waals surface area (Å²) in [5.41, 5.74) is -0.151. The topological polar surface area (TPSA) is 43.6 Å². The Morgan fingerprint density at radius 1 is 1.47 bits per heavy atom. The van der Waals surface area contributed by atoms with Crippen LogP contribution in [0, 0.1) is 6.92 Å². The van der Waals surface area contributed by atoms with Crippen LogP contribution in [-0.2, 0) is 10.9 Å². The fraction of sp³-hybridized carbons (Fsp3) is 0.333. The predicted molar refractivity (Wildman–Crippen MR) is 60.9 cm³/mol. The molecule has 2 heterocycles. The summed E-state index contributed by atoms with van der Waals surface area (Å²) in [5, 5.41) is 3.93. The number of hydrogen-bond donors (Lipinski definition) is 0. The summed E-state index contributed by atoms with van der Waals surface area (Å²) in [5.74, 6) is -0.641. The highest BCUT2D eigenvalue weighted by molar-refractivity contribution is 5.91. The van der Waals surface area contributed by atoms with E-state index in [1.54, 1.807) is 6.92 Å². The third-order valence-corrected chi connectivity index (χ3v) is 2.68. The zero-order chi connectivity index (χ0) is 14.2. The summed E-state index contributed by atoms with van der Waals surface area (Å²) in [6.45, 7) is 3.36. The third kappa shape index (κ3) is 2.40.